The number of anilines is 4. The van der Waals surface area contributed by atoms with E-state index in [9.17, 15) is 18.4 Å². The highest BCUT2D eigenvalue weighted by molar-refractivity contribution is 7.18. The highest BCUT2D eigenvalue weighted by Crippen LogP contribution is 2.31. The fraction of sp³-hybridized carbons (Fsp3) is 0.227. The van der Waals surface area contributed by atoms with E-state index in [1.165, 1.54) is 6.07 Å². The summed E-state index contributed by atoms with van der Waals surface area (Å²) >= 11 is 0.932. The molecule has 0 spiro atoms. The van der Waals surface area contributed by atoms with Crippen LogP contribution in [0.3, 0.4) is 0 Å². The Morgan fingerprint density at radius 1 is 1.03 bits per heavy atom. The van der Waals surface area contributed by atoms with E-state index in [-0.39, 0.29) is 16.6 Å². The largest absolute Gasteiger partial charge is 0.382 e. The molecular formula is C22H21F2N5O2S. The predicted octanol–water partition coefficient (Wildman–Crippen LogP) is 3.65. The van der Waals surface area contributed by atoms with Crippen LogP contribution >= 0.6 is 11.3 Å². The molecule has 4 rings (SSSR count). The van der Waals surface area contributed by atoms with Crippen molar-refractivity contribution in [1.82, 2.24) is 9.88 Å². The number of carbonyl (C=O) groups is 2. The van der Waals surface area contributed by atoms with E-state index in [2.05, 4.69) is 15.2 Å². The number of amides is 1. The van der Waals surface area contributed by atoms with Gasteiger partial charge in [0, 0.05) is 44.5 Å². The first-order chi connectivity index (χ1) is 15.3. The van der Waals surface area contributed by atoms with Gasteiger partial charge in [-0.1, -0.05) is 17.4 Å². The number of nitrogens with two attached hydrogens (primary N) is 1. The fourth-order valence-corrected chi connectivity index (χ4v) is 4.39. The number of ketones is 1. The predicted molar refractivity (Wildman–Crippen MR) is 121 cm³/mol. The van der Waals surface area contributed by atoms with Crippen molar-refractivity contribution in [3.63, 3.8) is 0 Å². The van der Waals surface area contributed by atoms with Crippen LogP contribution in [-0.4, -0.2) is 47.8 Å². The van der Waals surface area contributed by atoms with Gasteiger partial charge in [0.05, 0.1) is 5.56 Å². The Labute approximate surface area is 187 Å². The van der Waals surface area contributed by atoms with Gasteiger partial charge in [-0.05, 0) is 36.4 Å². The lowest BCUT2D eigenvalue weighted by Crippen LogP contribution is -2.48. The molecule has 2 heterocycles. The molecule has 0 unspecified atom stereocenters. The number of benzene rings is 2. The SMILES string of the molecule is CC(=O)N1CCN(c2ccc(Nc3nc(N)c(C(=O)c4c(F)cccc4F)s3)cc2)CC1. The molecule has 7 nitrogen and oxygen atoms in total. The fourth-order valence-electron chi connectivity index (χ4n) is 3.53. The average molecular weight is 458 g/mol. The molecule has 166 valence electrons. The molecule has 0 aliphatic carbocycles. The molecule has 1 fully saturated rings. The van der Waals surface area contributed by atoms with Crippen molar-refractivity contribution in [2.45, 2.75) is 6.92 Å². The van der Waals surface area contributed by atoms with E-state index in [1.807, 2.05) is 29.2 Å². The monoisotopic (exact) mass is 457 g/mol. The summed E-state index contributed by atoms with van der Waals surface area (Å²) in [5, 5.41) is 3.41. The summed E-state index contributed by atoms with van der Waals surface area (Å²) in [5.74, 6) is -2.75. The molecule has 10 heteroatoms. The summed E-state index contributed by atoms with van der Waals surface area (Å²) in [6, 6.07) is 10.9. The van der Waals surface area contributed by atoms with Gasteiger partial charge in [-0.3, -0.25) is 9.59 Å². The Morgan fingerprint density at radius 3 is 2.25 bits per heavy atom. The molecule has 0 saturated carbocycles. The minimum absolute atomic E-state index is 0.0311. The number of carbonyl (C=O) groups excluding carboxylic acids is 2. The number of rotatable bonds is 5. The van der Waals surface area contributed by atoms with Crippen LogP contribution in [0.2, 0.25) is 0 Å². The zero-order valence-corrected chi connectivity index (χ0v) is 18.1. The van der Waals surface area contributed by atoms with E-state index in [4.69, 9.17) is 5.73 Å². The number of piperazine rings is 1. The van der Waals surface area contributed by atoms with Crippen LogP contribution in [0.4, 0.5) is 31.1 Å². The van der Waals surface area contributed by atoms with Gasteiger partial charge in [-0.15, -0.1) is 0 Å². The second-order valence-corrected chi connectivity index (χ2v) is 8.32. The standard InChI is InChI=1S/C22H21F2N5O2S/c1-13(30)28-9-11-29(12-10-28)15-7-5-14(6-8-15)26-22-27-21(25)20(32-22)19(31)18-16(23)3-2-4-17(18)24/h2-8H,9-12,25H2,1H3,(H,26,27). The van der Waals surface area contributed by atoms with Crippen LogP contribution in [0.15, 0.2) is 42.5 Å². The summed E-state index contributed by atoms with van der Waals surface area (Å²) in [5.41, 5.74) is 6.95. The molecule has 0 radical (unpaired) electrons. The third-order valence-electron chi connectivity index (χ3n) is 5.26. The van der Waals surface area contributed by atoms with Gasteiger partial charge in [-0.25, -0.2) is 13.8 Å². The molecule has 1 saturated heterocycles. The van der Waals surface area contributed by atoms with Gasteiger partial charge in [0.1, 0.15) is 22.3 Å². The van der Waals surface area contributed by atoms with Crippen molar-refractivity contribution in [3.8, 4) is 0 Å². The maximum Gasteiger partial charge on any atom is 0.219 e. The molecule has 1 aliphatic rings. The Bertz CT molecular complexity index is 1140. The molecular weight excluding hydrogens is 436 g/mol. The third kappa shape index (κ3) is 4.40. The van der Waals surface area contributed by atoms with Crippen LogP contribution in [0.5, 0.6) is 0 Å². The second-order valence-electron chi connectivity index (χ2n) is 7.32. The van der Waals surface area contributed by atoms with Gasteiger partial charge in [0.15, 0.2) is 5.13 Å². The Kier molecular flexibility index (Phi) is 6.04. The molecule has 32 heavy (non-hydrogen) atoms. The number of hydrogen-bond acceptors (Lipinski definition) is 7. The minimum atomic E-state index is -0.947. The lowest BCUT2D eigenvalue weighted by molar-refractivity contribution is -0.129. The number of aromatic nitrogens is 1. The van der Waals surface area contributed by atoms with Crippen LogP contribution in [0.1, 0.15) is 22.2 Å². The van der Waals surface area contributed by atoms with Crippen molar-refractivity contribution >= 4 is 45.4 Å². The highest BCUT2D eigenvalue weighted by Gasteiger charge is 2.24. The minimum Gasteiger partial charge on any atom is -0.382 e. The number of halogens is 2. The van der Waals surface area contributed by atoms with Crippen molar-refractivity contribution in [1.29, 1.82) is 0 Å². The number of nitrogens with zero attached hydrogens (tertiary/aromatic N) is 3. The summed E-state index contributed by atoms with van der Waals surface area (Å²) in [4.78, 5) is 32.2. The van der Waals surface area contributed by atoms with Crippen molar-refractivity contribution in [2.24, 2.45) is 0 Å². The Morgan fingerprint density at radius 2 is 1.66 bits per heavy atom. The zero-order valence-electron chi connectivity index (χ0n) is 17.3. The Balaban J connectivity index is 1.45. The van der Waals surface area contributed by atoms with E-state index in [1.54, 1.807) is 6.92 Å². The van der Waals surface area contributed by atoms with Crippen molar-refractivity contribution in [3.05, 3.63) is 64.5 Å². The molecule has 2 aromatic carbocycles. The van der Waals surface area contributed by atoms with E-state index in [0.717, 1.165) is 47.9 Å². The normalized spacial score (nSPS) is 13.8. The second kappa shape index (κ2) is 8.91. The molecule has 0 atom stereocenters. The topological polar surface area (TPSA) is 91.6 Å². The van der Waals surface area contributed by atoms with Crippen LogP contribution in [-0.2, 0) is 4.79 Å². The maximum absolute atomic E-state index is 14.0. The summed E-state index contributed by atoms with van der Waals surface area (Å²) in [6.45, 7) is 4.47. The maximum atomic E-state index is 14.0. The molecule has 3 aromatic rings. The van der Waals surface area contributed by atoms with Gasteiger partial charge < -0.3 is 20.9 Å². The first-order valence-corrected chi connectivity index (χ1v) is 10.8. The van der Waals surface area contributed by atoms with Crippen molar-refractivity contribution < 1.29 is 18.4 Å². The van der Waals surface area contributed by atoms with Crippen LogP contribution < -0.4 is 16.0 Å². The van der Waals surface area contributed by atoms with Crippen LogP contribution in [0.25, 0.3) is 0 Å². The van der Waals surface area contributed by atoms with E-state index >= 15 is 0 Å². The molecule has 3 N–H and O–H groups in total. The van der Waals surface area contributed by atoms with Gasteiger partial charge in [0.2, 0.25) is 11.7 Å². The van der Waals surface area contributed by atoms with E-state index in [0.29, 0.717) is 18.2 Å². The smallest absolute Gasteiger partial charge is 0.219 e. The van der Waals surface area contributed by atoms with E-state index < -0.39 is 23.0 Å². The molecule has 1 amide bonds. The molecule has 1 aromatic heterocycles. The number of nitrogens with one attached hydrogen (secondary N) is 1. The third-order valence-corrected chi connectivity index (χ3v) is 6.24. The quantitative estimate of drug-likeness (QED) is 0.569. The summed E-state index contributed by atoms with van der Waals surface area (Å²) in [7, 11) is 0. The van der Waals surface area contributed by atoms with Gasteiger partial charge >= 0.3 is 0 Å². The number of nitrogen functional groups attached to an aromatic ring is 1. The number of thiazole rings is 1. The van der Waals surface area contributed by atoms with Crippen molar-refractivity contribution in [2.75, 3.05) is 42.1 Å². The highest BCUT2D eigenvalue weighted by atomic mass is 32.1. The summed E-state index contributed by atoms with van der Waals surface area (Å²) in [6.07, 6.45) is 0. The van der Waals surface area contributed by atoms with Crippen LogP contribution in [0, 0.1) is 11.6 Å². The average Bonchev–Trinajstić information content (AvgIpc) is 3.14. The number of hydrogen-bond donors (Lipinski definition) is 2. The summed E-state index contributed by atoms with van der Waals surface area (Å²) < 4.78 is 27.9. The van der Waals surface area contributed by atoms with Gasteiger partial charge in [0.25, 0.3) is 0 Å². The Hall–Kier alpha value is -3.53. The lowest BCUT2D eigenvalue weighted by Gasteiger charge is -2.35. The zero-order chi connectivity index (χ0) is 22.8. The molecule has 1 aliphatic heterocycles. The first-order valence-electron chi connectivity index (χ1n) is 9.96. The lowest BCUT2D eigenvalue weighted by atomic mass is 10.1. The van der Waals surface area contributed by atoms with Gasteiger partial charge in [-0.2, -0.15) is 0 Å². The molecule has 0 bridgehead atoms. The first kappa shape index (κ1) is 21.7.